The van der Waals surface area contributed by atoms with Gasteiger partial charge in [0.1, 0.15) is 5.82 Å². The van der Waals surface area contributed by atoms with Crippen LogP contribution < -0.4 is 5.73 Å². The van der Waals surface area contributed by atoms with E-state index < -0.39 is 17.6 Å². The molecule has 2 rings (SSSR count). The van der Waals surface area contributed by atoms with Crippen molar-refractivity contribution >= 4 is 45.0 Å². The fourth-order valence-electron chi connectivity index (χ4n) is 1.50. The Bertz CT molecular complexity index is 691. The second-order valence-electron chi connectivity index (χ2n) is 4.05. The van der Waals surface area contributed by atoms with E-state index in [2.05, 4.69) is 15.9 Å². The van der Waals surface area contributed by atoms with E-state index in [-0.39, 0.29) is 10.7 Å². The maximum absolute atomic E-state index is 13.4. The first kappa shape index (κ1) is 16.5. The molecule has 0 aliphatic carbocycles. The third-order valence-electron chi connectivity index (χ3n) is 2.53. The molecule has 0 radical (unpaired) electrons. The van der Waals surface area contributed by atoms with Crippen molar-refractivity contribution in [3.8, 4) is 0 Å². The average Bonchev–Trinajstić information content (AvgIpc) is 2.36. The maximum Gasteiger partial charge on any atom is 0.416 e. The van der Waals surface area contributed by atoms with Crippen molar-refractivity contribution in [1.29, 1.82) is 0 Å². The molecule has 0 saturated heterocycles. The Morgan fingerprint density at radius 2 is 1.76 bits per heavy atom. The molecule has 0 fully saturated rings. The van der Waals surface area contributed by atoms with Crippen molar-refractivity contribution in [1.82, 2.24) is 0 Å². The summed E-state index contributed by atoms with van der Waals surface area (Å²) in [5, 5.41) is -0.0565. The van der Waals surface area contributed by atoms with Gasteiger partial charge in [0, 0.05) is 14.3 Å². The molecule has 112 valence electrons. The zero-order chi connectivity index (χ0) is 15.8. The lowest BCUT2D eigenvalue weighted by Gasteiger charge is -2.11. The number of anilines is 1. The van der Waals surface area contributed by atoms with Crippen molar-refractivity contribution in [2.45, 2.75) is 16.0 Å². The highest BCUT2D eigenvalue weighted by atomic mass is 79.9. The van der Waals surface area contributed by atoms with Gasteiger partial charge in [0.05, 0.1) is 16.3 Å². The van der Waals surface area contributed by atoms with E-state index in [4.69, 9.17) is 17.3 Å². The fraction of sp³-hybridized carbons (Fsp3) is 0.0769. The summed E-state index contributed by atoms with van der Waals surface area (Å²) in [6.45, 7) is 0. The summed E-state index contributed by atoms with van der Waals surface area (Å²) < 4.78 is 51.6. The number of alkyl halides is 3. The van der Waals surface area contributed by atoms with Crippen molar-refractivity contribution in [2.75, 3.05) is 5.73 Å². The van der Waals surface area contributed by atoms with Gasteiger partial charge < -0.3 is 5.73 Å². The molecule has 0 bridgehead atoms. The topological polar surface area (TPSA) is 26.0 Å². The summed E-state index contributed by atoms with van der Waals surface area (Å²) in [7, 11) is 0. The molecule has 2 aromatic rings. The summed E-state index contributed by atoms with van der Waals surface area (Å²) in [5.41, 5.74) is 4.56. The first-order chi connectivity index (χ1) is 9.68. The zero-order valence-corrected chi connectivity index (χ0v) is 13.3. The van der Waals surface area contributed by atoms with E-state index in [0.717, 1.165) is 23.9 Å². The minimum absolute atomic E-state index is 0.0234. The van der Waals surface area contributed by atoms with Crippen LogP contribution in [0.4, 0.5) is 23.2 Å². The SMILES string of the molecule is Nc1cc(Br)c(Sc2ccc(C(F)(F)F)cc2Cl)cc1F. The van der Waals surface area contributed by atoms with Crippen molar-refractivity contribution < 1.29 is 17.6 Å². The molecular weight excluding hydrogens is 394 g/mol. The van der Waals surface area contributed by atoms with Gasteiger partial charge in [0.2, 0.25) is 0 Å². The number of nitrogens with two attached hydrogens (primary N) is 1. The second-order valence-corrected chi connectivity index (χ2v) is 6.39. The van der Waals surface area contributed by atoms with Crippen LogP contribution in [0.5, 0.6) is 0 Å². The molecule has 0 amide bonds. The average molecular weight is 401 g/mol. The molecule has 0 unspecified atom stereocenters. The van der Waals surface area contributed by atoms with Crippen molar-refractivity contribution in [3.63, 3.8) is 0 Å². The maximum atomic E-state index is 13.4. The van der Waals surface area contributed by atoms with Crippen LogP contribution in [0.3, 0.4) is 0 Å². The van der Waals surface area contributed by atoms with Gasteiger partial charge in [-0.3, -0.25) is 0 Å². The molecule has 0 heterocycles. The van der Waals surface area contributed by atoms with Crippen molar-refractivity contribution in [3.05, 3.63) is 51.2 Å². The van der Waals surface area contributed by atoms with E-state index in [0.29, 0.717) is 14.3 Å². The Kier molecular flexibility index (Phi) is 4.75. The lowest BCUT2D eigenvalue weighted by atomic mass is 10.2. The summed E-state index contributed by atoms with van der Waals surface area (Å²) in [4.78, 5) is 0.845. The Balaban J connectivity index is 2.35. The fourth-order valence-corrected chi connectivity index (χ4v) is 3.25. The first-order valence-corrected chi connectivity index (χ1v) is 7.46. The number of benzene rings is 2. The Morgan fingerprint density at radius 3 is 2.33 bits per heavy atom. The largest absolute Gasteiger partial charge is 0.416 e. The summed E-state index contributed by atoms with van der Waals surface area (Å²) in [6.07, 6.45) is -4.46. The number of rotatable bonds is 2. The van der Waals surface area contributed by atoms with Gasteiger partial charge in [0.25, 0.3) is 0 Å². The minimum atomic E-state index is -4.46. The van der Waals surface area contributed by atoms with Gasteiger partial charge in [-0.15, -0.1) is 0 Å². The van der Waals surface area contributed by atoms with Crippen LogP contribution in [-0.2, 0) is 6.18 Å². The molecule has 2 aromatic carbocycles. The molecule has 0 atom stereocenters. The highest BCUT2D eigenvalue weighted by Gasteiger charge is 2.31. The van der Waals surface area contributed by atoms with E-state index in [9.17, 15) is 17.6 Å². The van der Waals surface area contributed by atoms with Crippen LogP contribution in [-0.4, -0.2) is 0 Å². The van der Waals surface area contributed by atoms with Crippen LogP contribution in [0.25, 0.3) is 0 Å². The van der Waals surface area contributed by atoms with Crippen LogP contribution in [0.15, 0.2) is 44.6 Å². The van der Waals surface area contributed by atoms with Gasteiger partial charge >= 0.3 is 6.18 Å². The molecule has 1 nitrogen and oxygen atoms in total. The summed E-state index contributed by atoms with van der Waals surface area (Å²) in [5.74, 6) is -0.608. The highest BCUT2D eigenvalue weighted by Crippen LogP contribution is 2.41. The van der Waals surface area contributed by atoms with E-state index in [1.165, 1.54) is 18.2 Å². The van der Waals surface area contributed by atoms with Crippen LogP contribution in [0.2, 0.25) is 5.02 Å². The predicted octanol–water partition coefficient (Wildman–Crippen LogP) is 5.99. The first-order valence-electron chi connectivity index (χ1n) is 5.47. The Morgan fingerprint density at radius 1 is 1.10 bits per heavy atom. The van der Waals surface area contributed by atoms with Crippen LogP contribution in [0.1, 0.15) is 5.56 Å². The normalized spacial score (nSPS) is 11.7. The molecule has 2 N–H and O–H groups in total. The smallest absolute Gasteiger partial charge is 0.396 e. The molecule has 0 aromatic heterocycles. The molecular formula is C13H7BrClF4NS. The third-order valence-corrected chi connectivity index (χ3v) is 5.01. The highest BCUT2D eigenvalue weighted by molar-refractivity contribution is 9.10. The van der Waals surface area contributed by atoms with Gasteiger partial charge in [-0.25, -0.2) is 4.39 Å². The summed E-state index contributed by atoms with van der Waals surface area (Å²) in [6, 6.07) is 5.59. The monoisotopic (exact) mass is 399 g/mol. The van der Waals surface area contributed by atoms with Gasteiger partial charge in [0.15, 0.2) is 0 Å². The van der Waals surface area contributed by atoms with Crippen molar-refractivity contribution in [2.24, 2.45) is 0 Å². The van der Waals surface area contributed by atoms with E-state index in [1.807, 2.05) is 0 Å². The lowest BCUT2D eigenvalue weighted by Crippen LogP contribution is -2.04. The standard InChI is InChI=1S/C13H7BrClF4NS/c14-7-4-10(20)9(16)5-12(7)21-11-2-1-6(3-8(11)15)13(17,18)19/h1-5H,20H2. The minimum Gasteiger partial charge on any atom is -0.396 e. The van der Waals surface area contributed by atoms with Gasteiger partial charge in [-0.05, 0) is 46.3 Å². The molecule has 0 spiro atoms. The lowest BCUT2D eigenvalue weighted by molar-refractivity contribution is -0.137. The molecule has 0 aliphatic rings. The number of nitrogen functional groups attached to an aromatic ring is 1. The van der Waals surface area contributed by atoms with E-state index >= 15 is 0 Å². The zero-order valence-electron chi connectivity index (χ0n) is 10.1. The molecule has 8 heteroatoms. The number of hydrogen-bond acceptors (Lipinski definition) is 2. The van der Waals surface area contributed by atoms with Gasteiger partial charge in [-0.2, -0.15) is 13.2 Å². The number of halogens is 6. The summed E-state index contributed by atoms with van der Waals surface area (Å²) >= 11 is 10.1. The predicted molar refractivity (Wildman–Crippen MR) is 79.1 cm³/mol. The quantitative estimate of drug-likeness (QED) is 0.495. The second kappa shape index (κ2) is 6.06. The Labute approximate surface area is 135 Å². The van der Waals surface area contributed by atoms with Crippen LogP contribution in [0, 0.1) is 5.82 Å². The third kappa shape index (κ3) is 3.84. The molecule has 0 aliphatic heterocycles. The van der Waals surface area contributed by atoms with Crippen LogP contribution >= 0.6 is 39.3 Å². The van der Waals surface area contributed by atoms with E-state index in [1.54, 1.807) is 0 Å². The molecule has 0 saturated carbocycles. The molecule has 21 heavy (non-hydrogen) atoms. The number of hydrogen-bond donors (Lipinski definition) is 1. The Hall–Kier alpha value is -0.920. The van der Waals surface area contributed by atoms with Gasteiger partial charge in [-0.1, -0.05) is 23.4 Å².